The van der Waals surface area contributed by atoms with E-state index >= 15 is 0 Å². The number of hydrogen-bond donors (Lipinski definition) is 2. The first-order chi connectivity index (χ1) is 8.56. The van der Waals surface area contributed by atoms with Crippen LogP contribution in [0.4, 0.5) is 11.4 Å². The van der Waals surface area contributed by atoms with Crippen molar-refractivity contribution in [3.8, 4) is 0 Å². The lowest BCUT2D eigenvalue weighted by atomic mass is 10.2. The minimum Gasteiger partial charge on any atom is -0.398 e. The molecule has 96 valence electrons. The zero-order valence-electron chi connectivity index (χ0n) is 10.4. The number of halogens is 1. The molecular weight excluding hydrogens is 294 g/mol. The molecule has 0 amide bonds. The molecule has 18 heavy (non-hydrogen) atoms. The molecule has 0 spiro atoms. The van der Waals surface area contributed by atoms with Crippen molar-refractivity contribution in [1.29, 1.82) is 0 Å². The maximum Gasteiger partial charge on any atom is 0.152 e. The Morgan fingerprint density at radius 1 is 1.44 bits per heavy atom. The number of rotatable bonds is 4. The summed E-state index contributed by atoms with van der Waals surface area (Å²) in [6, 6.07) is 3.95. The van der Waals surface area contributed by atoms with Gasteiger partial charge in [-0.3, -0.25) is 4.68 Å². The lowest BCUT2D eigenvalue weighted by Crippen LogP contribution is -2.07. The van der Waals surface area contributed by atoms with Gasteiger partial charge in [0.15, 0.2) is 5.82 Å². The Bertz CT molecular complexity index is 549. The van der Waals surface area contributed by atoms with Crippen molar-refractivity contribution >= 4 is 27.3 Å². The van der Waals surface area contributed by atoms with E-state index in [0.717, 1.165) is 40.2 Å². The normalized spacial score (nSPS) is 10.6. The molecule has 5 nitrogen and oxygen atoms in total. The third-order valence-corrected chi connectivity index (χ3v) is 3.32. The number of nitrogens with one attached hydrogen (secondary N) is 1. The molecule has 0 aliphatic carbocycles. The SMILES string of the molecule is Cc1cc(NCCc2ncn(C)n2)c(Br)cc1N. The van der Waals surface area contributed by atoms with E-state index in [0.29, 0.717) is 0 Å². The van der Waals surface area contributed by atoms with Gasteiger partial charge in [0.2, 0.25) is 0 Å². The molecule has 1 heterocycles. The highest BCUT2D eigenvalue weighted by molar-refractivity contribution is 9.10. The standard InChI is InChI=1S/C12H16BrN5/c1-8-5-11(9(13)6-10(8)14)15-4-3-12-16-7-18(2)17-12/h5-7,15H,3-4,14H2,1-2H3. The molecule has 3 N–H and O–H groups in total. The maximum absolute atomic E-state index is 5.83. The van der Waals surface area contributed by atoms with Gasteiger partial charge in [-0.15, -0.1) is 0 Å². The van der Waals surface area contributed by atoms with Crippen LogP contribution in [0.5, 0.6) is 0 Å². The average molecular weight is 310 g/mol. The second kappa shape index (κ2) is 5.39. The van der Waals surface area contributed by atoms with Crippen LogP contribution in [0.2, 0.25) is 0 Å². The van der Waals surface area contributed by atoms with Crippen molar-refractivity contribution in [2.45, 2.75) is 13.3 Å². The van der Waals surface area contributed by atoms with E-state index in [-0.39, 0.29) is 0 Å². The van der Waals surface area contributed by atoms with Crippen LogP contribution >= 0.6 is 15.9 Å². The average Bonchev–Trinajstić information content (AvgIpc) is 2.71. The third-order valence-electron chi connectivity index (χ3n) is 2.67. The molecule has 1 aromatic carbocycles. The Hall–Kier alpha value is -1.56. The molecule has 0 aliphatic heterocycles. The number of anilines is 2. The number of hydrogen-bond acceptors (Lipinski definition) is 4. The lowest BCUT2D eigenvalue weighted by Gasteiger charge is -2.10. The molecular formula is C12H16BrN5. The summed E-state index contributed by atoms with van der Waals surface area (Å²) < 4.78 is 2.68. The van der Waals surface area contributed by atoms with Gasteiger partial charge >= 0.3 is 0 Å². The Kier molecular flexibility index (Phi) is 3.86. The number of aromatic nitrogens is 3. The van der Waals surface area contributed by atoms with Crippen molar-refractivity contribution in [1.82, 2.24) is 14.8 Å². The van der Waals surface area contributed by atoms with Crippen LogP contribution in [0.15, 0.2) is 22.9 Å². The summed E-state index contributed by atoms with van der Waals surface area (Å²) >= 11 is 3.49. The van der Waals surface area contributed by atoms with Gasteiger partial charge in [-0.2, -0.15) is 5.10 Å². The van der Waals surface area contributed by atoms with E-state index < -0.39 is 0 Å². The number of benzene rings is 1. The molecule has 2 aromatic rings. The summed E-state index contributed by atoms with van der Waals surface area (Å²) in [5.74, 6) is 0.841. The monoisotopic (exact) mass is 309 g/mol. The van der Waals surface area contributed by atoms with Crippen molar-refractivity contribution in [3.05, 3.63) is 34.3 Å². The molecule has 0 bridgehead atoms. The largest absolute Gasteiger partial charge is 0.398 e. The number of aryl methyl sites for hydroxylation is 2. The maximum atomic E-state index is 5.83. The van der Waals surface area contributed by atoms with Crippen molar-refractivity contribution in [2.24, 2.45) is 7.05 Å². The fraction of sp³-hybridized carbons (Fsp3) is 0.333. The molecule has 0 fully saturated rings. The van der Waals surface area contributed by atoms with E-state index in [1.165, 1.54) is 0 Å². The first-order valence-electron chi connectivity index (χ1n) is 5.70. The van der Waals surface area contributed by atoms with Crippen LogP contribution in [0, 0.1) is 6.92 Å². The molecule has 1 aromatic heterocycles. The molecule has 2 rings (SSSR count). The summed E-state index contributed by atoms with van der Waals surface area (Å²) in [6.45, 7) is 2.78. The smallest absolute Gasteiger partial charge is 0.152 e. The number of nitrogens with zero attached hydrogens (tertiary/aromatic N) is 3. The molecule has 0 radical (unpaired) electrons. The van der Waals surface area contributed by atoms with Gasteiger partial charge in [0.05, 0.1) is 0 Å². The van der Waals surface area contributed by atoms with Crippen LogP contribution in [-0.2, 0) is 13.5 Å². The summed E-state index contributed by atoms with van der Waals surface area (Å²) in [4.78, 5) is 4.18. The molecule has 0 aliphatic rings. The van der Waals surface area contributed by atoms with Crippen LogP contribution in [0.1, 0.15) is 11.4 Å². The number of nitrogens with two attached hydrogens (primary N) is 1. The minimum absolute atomic E-state index is 0.784. The molecule has 0 saturated carbocycles. The molecule has 0 atom stereocenters. The Morgan fingerprint density at radius 3 is 2.89 bits per heavy atom. The van der Waals surface area contributed by atoms with Crippen LogP contribution < -0.4 is 11.1 Å². The van der Waals surface area contributed by atoms with Crippen LogP contribution in [0.25, 0.3) is 0 Å². The predicted molar refractivity (Wildman–Crippen MR) is 76.5 cm³/mol. The van der Waals surface area contributed by atoms with Gasteiger partial charge in [-0.25, -0.2) is 4.98 Å². The van der Waals surface area contributed by atoms with Gasteiger partial charge in [0.1, 0.15) is 6.33 Å². The van der Waals surface area contributed by atoms with Crippen molar-refractivity contribution in [3.63, 3.8) is 0 Å². The Balaban J connectivity index is 1.96. The second-order valence-electron chi connectivity index (χ2n) is 4.20. The highest BCUT2D eigenvalue weighted by Crippen LogP contribution is 2.27. The summed E-state index contributed by atoms with van der Waals surface area (Å²) in [5, 5.41) is 7.58. The fourth-order valence-corrected chi connectivity index (χ4v) is 2.14. The summed E-state index contributed by atoms with van der Waals surface area (Å²) in [7, 11) is 1.86. The van der Waals surface area contributed by atoms with E-state index in [4.69, 9.17) is 5.73 Å². The second-order valence-corrected chi connectivity index (χ2v) is 5.05. The number of nitrogen functional groups attached to an aromatic ring is 1. The Labute approximate surface area is 115 Å². The van der Waals surface area contributed by atoms with Gasteiger partial charge < -0.3 is 11.1 Å². The summed E-state index contributed by atoms with van der Waals surface area (Å²) in [5.41, 5.74) is 8.73. The van der Waals surface area contributed by atoms with E-state index in [2.05, 4.69) is 31.3 Å². The molecule has 0 saturated heterocycles. The van der Waals surface area contributed by atoms with E-state index in [1.54, 1.807) is 11.0 Å². The topological polar surface area (TPSA) is 68.8 Å². The Morgan fingerprint density at radius 2 is 2.22 bits per heavy atom. The fourth-order valence-electron chi connectivity index (χ4n) is 1.64. The summed E-state index contributed by atoms with van der Waals surface area (Å²) in [6.07, 6.45) is 2.50. The van der Waals surface area contributed by atoms with Crippen molar-refractivity contribution in [2.75, 3.05) is 17.6 Å². The van der Waals surface area contributed by atoms with Gasteiger partial charge in [-0.1, -0.05) is 0 Å². The first kappa shape index (κ1) is 12.9. The highest BCUT2D eigenvalue weighted by atomic mass is 79.9. The molecule has 6 heteroatoms. The van der Waals surface area contributed by atoms with Crippen LogP contribution in [0.3, 0.4) is 0 Å². The van der Waals surface area contributed by atoms with Gasteiger partial charge in [0.25, 0.3) is 0 Å². The third kappa shape index (κ3) is 3.01. The highest BCUT2D eigenvalue weighted by Gasteiger charge is 2.04. The van der Waals surface area contributed by atoms with Gasteiger partial charge in [0, 0.05) is 35.9 Å². The molecule has 0 unspecified atom stereocenters. The lowest BCUT2D eigenvalue weighted by molar-refractivity contribution is 0.742. The zero-order valence-corrected chi connectivity index (χ0v) is 12.0. The minimum atomic E-state index is 0.784. The van der Waals surface area contributed by atoms with E-state index in [1.807, 2.05) is 26.1 Å². The first-order valence-corrected chi connectivity index (χ1v) is 6.49. The van der Waals surface area contributed by atoms with Crippen molar-refractivity contribution < 1.29 is 0 Å². The zero-order chi connectivity index (χ0) is 13.1. The van der Waals surface area contributed by atoms with Crippen LogP contribution in [-0.4, -0.2) is 21.3 Å². The van der Waals surface area contributed by atoms with E-state index in [9.17, 15) is 0 Å². The quantitative estimate of drug-likeness (QED) is 0.849. The van der Waals surface area contributed by atoms with Gasteiger partial charge in [-0.05, 0) is 40.5 Å². The predicted octanol–water partition coefficient (Wildman–Crippen LogP) is 2.12.